The van der Waals surface area contributed by atoms with Crippen molar-refractivity contribution in [3.63, 3.8) is 0 Å². The lowest BCUT2D eigenvalue weighted by molar-refractivity contribution is -0.390. The Morgan fingerprint density at radius 2 is 2.12 bits per heavy atom. The van der Waals surface area contributed by atoms with Gasteiger partial charge < -0.3 is 14.9 Å². The predicted octanol–water partition coefficient (Wildman–Crippen LogP) is 2.31. The van der Waals surface area contributed by atoms with E-state index in [1.54, 1.807) is 0 Å². The maximum Gasteiger partial charge on any atom is 0.573 e. The summed E-state index contributed by atoms with van der Waals surface area (Å²) < 4.78 is 39.5. The van der Waals surface area contributed by atoms with Gasteiger partial charge in [0, 0.05) is 0 Å². The van der Waals surface area contributed by atoms with Crippen LogP contribution in [0.25, 0.3) is 0 Å². The van der Waals surface area contributed by atoms with Gasteiger partial charge in [0.1, 0.15) is 3.57 Å². The number of alkyl halides is 3. The third-order valence-corrected chi connectivity index (χ3v) is 2.28. The third kappa shape index (κ3) is 3.25. The van der Waals surface area contributed by atoms with E-state index >= 15 is 0 Å². The SMILES string of the molecule is O=Cc1c([N+](=O)[O-])ncc(I)c1OC(F)(F)F. The van der Waals surface area contributed by atoms with Gasteiger partial charge in [-0.2, -0.15) is 0 Å². The first-order valence-electron chi connectivity index (χ1n) is 3.80. The number of hydrogen-bond acceptors (Lipinski definition) is 5. The van der Waals surface area contributed by atoms with E-state index in [1.165, 1.54) is 22.6 Å². The highest BCUT2D eigenvalue weighted by atomic mass is 127. The zero-order valence-corrected chi connectivity index (χ0v) is 9.85. The first-order valence-corrected chi connectivity index (χ1v) is 4.88. The molecule has 1 heterocycles. The first-order chi connectivity index (χ1) is 7.76. The number of aldehydes is 1. The minimum absolute atomic E-state index is 0.103. The Kier molecular flexibility index (Phi) is 3.85. The van der Waals surface area contributed by atoms with Crippen LogP contribution in [0, 0.1) is 13.7 Å². The minimum atomic E-state index is -5.05. The number of nitro groups is 1. The van der Waals surface area contributed by atoms with Gasteiger partial charge in [0.25, 0.3) is 0 Å². The molecule has 0 saturated carbocycles. The summed E-state index contributed by atoms with van der Waals surface area (Å²) in [5.74, 6) is -1.91. The lowest BCUT2D eigenvalue weighted by Crippen LogP contribution is -2.19. The fourth-order valence-electron chi connectivity index (χ4n) is 0.947. The molecule has 0 unspecified atom stereocenters. The Balaban J connectivity index is 3.41. The molecule has 0 N–H and O–H groups in total. The molecule has 0 saturated heterocycles. The fraction of sp³-hybridized carbons (Fsp3) is 0.143. The maximum atomic E-state index is 12.0. The van der Waals surface area contributed by atoms with Crippen LogP contribution in [-0.2, 0) is 0 Å². The van der Waals surface area contributed by atoms with Gasteiger partial charge in [0.15, 0.2) is 23.8 Å². The van der Waals surface area contributed by atoms with Crippen LogP contribution in [-0.4, -0.2) is 22.6 Å². The number of carbonyl (C=O) groups excluding carboxylic acids is 1. The normalized spacial score (nSPS) is 11.1. The Morgan fingerprint density at radius 1 is 1.53 bits per heavy atom. The standard InChI is InChI=1S/C7H2F3IN2O4/c8-7(9,10)17-5-3(2-14)6(13(15)16)12-1-4(5)11/h1-2H. The molecule has 0 aliphatic carbocycles. The maximum absolute atomic E-state index is 12.0. The second kappa shape index (κ2) is 4.81. The van der Waals surface area contributed by atoms with E-state index < -0.39 is 28.4 Å². The summed E-state index contributed by atoms with van der Waals surface area (Å²) in [6.45, 7) is 0. The van der Waals surface area contributed by atoms with Crippen molar-refractivity contribution in [1.82, 2.24) is 4.98 Å². The predicted molar refractivity (Wildman–Crippen MR) is 55.7 cm³/mol. The van der Waals surface area contributed by atoms with Crippen molar-refractivity contribution in [2.75, 3.05) is 0 Å². The van der Waals surface area contributed by atoms with Crippen LogP contribution in [0.1, 0.15) is 10.4 Å². The number of rotatable bonds is 3. The number of halogens is 4. The number of carbonyl (C=O) groups is 1. The second-order valence-electron chi connectivity index (χ2n) is 2.60. The fourth-order valence-corrected chi connectivity index (χ4v) is 1.49. The average molecular weight is 362 g/mol. The molecule has 0 atom stereocenters. The molecule has 1 aromatic rings. The second-order valence-corrected chi connectivity index (χ2v) is 3.76. The molecule has 0 amide bonds. The molecular weight excluding hydrogens is 360 g/mol. The van der Waals surface area contributed by atoms with Crippen LogP contribution in [0.2, 0.25) is 0 Å². The molecule has 1 rings (SSSR count). The highest BCUT2D eigenvalue weighted by Gasteiger charge is 2.35. The van der Waals surface area contributed by atoms with Crippen LogP contribution in [0.15, 0.2) is 6.20 Å². The van der Waals surface area contributed by atoms with Gasteiger partial charge in [-0.3, -0.25) is 4.79 Å². The van der Waals surface area contributed by atoms with E-state index in [-0.39, 0.29) is 9.86 Å². The Labute approximate surface area is 105 Å². The van der Waals surface area contributed by atoms with Crippen molar-refractivity contribution in [3.05, 3.63) is 25.4 Å². The van der Waals surface area contributed by atoms with E-state index in [1.807, 2.05) is 0 Å². The van der Waals surface area contributed by atoms with Gasteiger partial charge in [-0.25, -0.2) is 0 Å². The summed E-state index contributed by atoms with van der Waals surface area (Å²) >= 11 is 1.42. The van der Waals surface area contributed by atoms with Crippen LogP contribution < -0.4 is 4.74 Å². The van der Waals surface area contributed by atoms with Crippen LogP contribution in [0.5, 0.6) is 5.75 Å². The molecule has 0 spiro atoms. The third-order valence-electron chi connectivity index (χ3n) is 1.51. The lowest BCUT2D eigenvalue weighted by Gasteiger charge is -2.11. The van der Waals surface area contributed by atoms with Crippen molar-refractivity contribution in [2.24, 2.45) is 0 Å². The van der Waals surface area contributed by atoms with Crippen LogP contribution >= 0.6 is 22.6 Å². The molecule has 10 heteroatoms. The number of aromatic nitrogens is 1. The summed E-state index contributed by atoms with van der Waals surface area (Å²) in [6, 6.07) is 0. The van der Waals surface area contributed by atoms with Crippen molar-refractivity contribution < 1.29 is 27.6 Å². The minimum Gasteiger partial charge on any atom is -0.403 e. The van der Waals surface area contributed by atoms with E-state index in [9.17, 15) is 28.1 Å². The zero-order valence-electron chi connectivity index (χ0n) is 7.69. The van der Waals surface area contributed by atoms with Gasteiger partial charge in [-0.1, -0.05) is 0 Å². The molecule has 0 fully saturated rings. The number of pyridine rings is 1. The summed E-state index contributed by atoms with van der Waals surface area (Å²) in [6.07, 6.45) is -4.34. The molecule has 6 nitrogen and oxygen atoms in total. The molecule has 0 radical (unpaired) electrons. The largest absolute Gasteiger partial charge is 0.573 e. The zero-order chi connectivity index (χ0) is 13.2. The molecule has 1 aromatic heterocycles. The molecular formula is C7H2F3IN2O4. The van der Waals surface area contributed by atoms with Crippen LogP contribution in [0.3, 0.4) is 0 Å². The van der Waals surface area contributed by atoms with Gasteiger partial charge in [-0.05, 0) is 32.5 Å². The Bertz CT molecular complexity index is 477. The van der Waals surface area contributed by atoms with Gasteiger partial charge >= 0.3 is 12.2 Å². The van der Waals surface area contributed by atoms with E-state index in [0.717, 1.165) is 6.20 Å². The summed E-state index contributed by atoms with van der Waals surface area (Å²) in [5, 5.41) is 10.5. The van der Waals surface area contributed by atoms with Gasteiger partial charge in [-0.15, -0.1) is 13.2 Å². The van der Waals surface area contributed by atoms with Gasteiger partial charge in [0.2, 0.25) is 0 Å². The molecule has 0 aromatic carbocycles. The highest BCUT2D eigenvalue weighted by molar-refractivity contribution is 14.1. The number of ether oxygens (including phenoxy) is 1. The Morgan fingerprint density at radius 3 is 2.53 bits per heavy atom. The summed E-state index contributed by atoms with van der Waals surface area (Å²) in [4.78, 5) is 23.2. The summed E-state index contributed by atoms with van der Waals surface area (Å²) in [5.41, 5.74) is -0.848. The quantitative estimate of drug-likeness (QED) is 0.357. The molecule has 17 heavy (non-hydrogen) atoms. The monoisotopic (exact) mass is 362 g/mol. The first kappa shape index (κ1) is 13.6. The molecule has 0 aliphatic rings. The average Bonchev–Trinajstić information content (AvgIpc) is 2.18. The highest BCUT2D eigenvalue weighted by Crippen LogP contribution is 2.33. The smallest absolute Gasteiger partial charge is 0.403 e. The molecule has 92 valence electrons. The van der Waals surface area contributed by atoms with Gasteiger partial charge in [0.05, 0.1) is 0 Å². The molecule has 0 bridgehead atoms. The van der Waals surface area contributed by atoms with Crippen molar-refractivity contribution >= 4 is 34.7 Å². The Hall–Kier alpha value is -1.46. The number of nitrogens with zero attached hydrogens (tertiary/aromatic N) is 2. The van der Waals surface area contributed by atoms with Crippen molar-refractivity contribution in [2.45, 2.75) is 6.36 Å². The number of hydrogen-bond donors (Lipinski definition) is 0. The van der Waals surface area contributed by atoms with E-state index in [2.05, 4.69) is 9.72 Å². The van der Waals surface area contributed by atoms with E-state index in [4.69, 9.17) is 0 Å². The van der Waals surface area contributed by atoms with Crippen molar-refractivity contribution in [1.29, 1.82) is 0 Å². The van der Waals surface area contributed by atoms with E-state index in [0.29, 0.717) is 0 Å². The van der Waals surface area contributed by atoms with Crippen LogP contribution in [0.4, 0.5) is 19.0 Å². The summed E-state index contributed by atoms with van der Waals surface area (Å²) in [7, 11) is 0. The van der Waals surface area contributed by atoms with Crippen molar-refractivity contribution in [3.8, 4) is 5.75 Å². The molecule has 0 aliphatic heterocycles. The topological polar surface area (TPSA) is 82.3 Å². The lowest BCUT2D eigenvalue weighted by atomic mass is 10.2.